The molecule has 0 spiro atoms. The number of fused-ring (bicyclic) bond motifs is 1. The van der Waals surface area contributed by atoms with Crippen molar-refractivity contribution in [2.45, 2.75) is 62.0 Å². The van der Waals surface area contributed by atoms with Gasteiger partial charge in [0.15, 0.2) is 0 Å². The Bertz CT molecular complexity index is 654. The molecule has 2 rings (SSSR count). The number of carbonyl (C=O) groups excluding carboxylic acids is 4. The molecule has 158 valence electrons. The molecular formula is C16H24N2O8S2. The van der Waals surface area contributed by atoms with Crippen molar-refractivity contribution in [2.24, 2.45) is 0 Å². The quantitative estimate of drug-likeness (QED) is 0.103. The molecule has 0 saturated carbocycles. The van der Waals surface area contributed by atoms with E-state index in [9.17, 15) is 34.5 Å². The molecule has 0 aliphatic carbocycles. The summed E-state index contributed by atoms with van der Waals surface area (Å²) >= 11 is 0. The lowest BCUT2D eigenvalue weighted by molar-refractivity contribution is -0.181. The van der Waals surface area contributed by atoms with Crippen molar-refractivity contribution < 1.29 is 40.6 Å². The molecule has 4 N–H and O–H groups in total. The van der Waals surface area contributed by atoms with E-state index < -0.39 is 61.2 Å². The Morgan fingerprint density at radius 3 is 2.75 bits per heavy atom. The van der Waals surface area contributed by atoms with Gasteiger partial charge in [0.25, 0.3) is 0 Å². The largest absolute Gasteiger partial charge is 0.463 e. The Hall–Kier alpha value is -1.34. The minimum absolute atomic E-state index is 0.0598. The molecule has 0 aromatic carbocycles. The van der Waals surface area contributed by atoms with Crippen LogP contribution in [0.2, 0.25) is 0 Å². The van der Waals surface area contributed by atoms with E-state index in [1.807, 2.05) is 6.92 Å². The zero-order chi connectivity index (χ0) is 21.7. The van der Waals surface area contributed by atoms with Gasteiger partial charge in [-0.05, 0) is 6.42 Å². The van der Waals surface area contributed by atoms with E-state index in [1.165, 1.54) is 21.6 Å². The molecule has 0 aromatic rings. The second kappa shape index (κ2) is 10.4. The Morgan fingerprint density at radius 2 is 2.07 bits per heavy atom. The summed E-state index contributed by atoms with van der Waals surface area (Å²) in [7, 11) is 2.92. The first-order valence-electron chi connectivity index (χ1n) is 9.24. The van der Waals surface area contributed by atoms with Gasteiger partial charge in [-0.3, -0.25) is 14.4 Å². The number of aldehydes is 1. The number of aliphatic hydroxyl groups excluding tert-OH is 3. The summed E-state index contributed by atoms with van der Waals surface area (Å²) in [5.74, 6) is -2.10. The normalized spacial score (nSPS) is 31.1. The zero-order valence-corrected chi connectivity index (χ0v) is 16.8. The van der Waals surface area contributed by atoms with Crippen LogP contribution in [0.4, 0.5) is 0 Å². The number of piperidine rings is 1. The van der Waals surface area contributed by atoms with E-state index >= 15 is 0 Å². The van der Waals surface area contributed by atoms with Crippen molar-refractivity contribution >= 4 is 45.6 Å². The molecule has 10 nitrogen and oxygen atoms in total. The fourth-order valence-corrected chi connectivity index (χ4v) is 5.24. The maximum absolute atomic E-state index is 12.0. The van der Waals surface area contributed by atoms with E-state index in [1.54, 1.807) is 0 Å². The van der Waals surface area contributed by atoms with Crippen LogP contribution in [0.25, 0.3) is 0 Å². The van der Waals surface area contributed by atoms with Crippen LogP contribution in [0, 0.1) is 0 Å². The first-order chi connectivity index (χ1) is 13.6. The molecule has 2 fully saturated rings. The average Bonchev–Trinajstić information content (AvgIpc) is 2.97. The standard InChI is InChI=1S/C16H24N2O8S2/c1-8(3-2-5-19)28-27-6-4-10(20)26-7-9-11(21)12(22)13(23)14-17-15(24)16(25)18(9)14/h5,8-9,11-14,21-23H,2-4,6-7H2,1H3,(H,17,24)/t8?,9-,11-,12+,13+,14+/m1/s1/i5T. The van der Waals surface area contributed by atoms with Gasteiger partial charge in [-0.2, -0.15) is 0 Å². The highest BCUT2D eigenvalue weighted by Crippen LogP contribution is 2.30. The first kappa shape index (κ1) is 21.4. The lowest BCUT2D eigenvalue weighted by atomic mass is 9.92. The van der Waals surface area contributed by atoms with E-state index in [2.05, 4.69) is 5.32 Å². The molecule has 0 radical (unpaired) electrons. The van der Waals surface area contributed by atoms with Gasteiger partial charge >= 0.3 is 17.8 Å². The highest BCUT2D eigenvalue weighted by molar-refractivity contribution is 8.76. The van der Waals surface area contributed by atoms with E-state index in [-0.39, 0.29) is 18.1 Å². The minimum atomic E-state index is -1.62. The number of rotatable bonds is 10. The molecule has 2 saturated heterocycles. The van der Waals surface area contributed by atoms with Crippen molar-refractivity contribution in [3.05, 3.63) is 0 Å². The third kappa shape index (κ3) is 5.38. The van der Waals surface area contributed by atoms with Crippen molar-refractivity contribution in [2.75, 3.05) is 12.4 Å². The number of carbonyl (C=O) groups is 4. The van der Waals surface area contributed by atoms with Gasteiger partial charge in [0.2, 0.25) is 0 Å². The van der Waals surface area contributed by atoms with E-state index in [0.717, 1.165) is 4.90 Å². The molecule has 2 heterocycles. The molecule has 2 amide bonds. The van der Waals surface area contributed by atoms with Crippen LogP contribution < -0.4 is 5.32 Å². The minimum Gasteiger partial charge on any atom is -0.463 e. The molecular weight excluding hydrogens is 412 g/mol. The van der Waals surface area contributed by atoms with Gasteiger partial charge < -0.3 is 35.1 Å². The predicted octanol–water partition coefficient (Wildman–Crippen LogP) is -1.58. The number of ether oxygens (including phenoxy) is 1. The molecule has 0 aromatic heterocycles. The summed E-state index contributed by atoms with van der Waals surface area (Å²) in [6.07, 6.45) is -5.74. The summed E-state index contributed by atoms with van der Waals surface area (Å²) in [6.45, 7) is 1.49. The Kier molecular flexibility index (Phi) is 7.97. The fraction of sp³-hybridized carbons (Fsp3) is 0.750. The maximum Gasteiger partial charge on any atom is 0.314 e. The fourth-order valence-electron chi connectivity index (χ4n) is 2.93. The van der Waals surface area contributed by atoms with Crippen LogP contribution >= 0.6 is 21.6 Å². The molecule has 1 unspecified atom stereocenters. The van der Waals surface area contributed by atoms with Crippen molar-refractivity contribution in [1.29, 1.82) is 0 Å². The van der Waals surface area contributed by atoms with E-state index in [0.29, 0.717) is 12.2 Å². The molecule has 28 heavy (non-hydrogen) atoms. The number of hydrogen-bond acceptors (Lipinski definition) is 10. The summed E-state index contributed by atoms with van der Waals surface area (Å²) in [5.41, 5.74) is 0. The molecule has 0 bridgehead atoms. The smallest absolute Gasteiger partial charge is 0.314 e. The number of aliphatic hydroxyl groups is 3. The second-order valence-electron chi connectivity index (χ2n) is 6.51. The van der Waals surface area contributed by atoms with Crippen molar-refractivity contribution in [3.8, 4) is 0 Å². The summed E-state index contributed by atoms with van der Waals surface area (Å²) in [6, 6.07) is -1.17. The van der Waals surface area contributed by atoms with Gasteiger partial charge in [0, 0.05) is 17.4 Å². The maximum atomic E-state index is 12.0. The number of nitrogens with one attached hydrogen (secondary N) is 1. The van der Waals surface area contributed by atoms with Crippen molar-refractivity contribution in [1.82, 2.24) is 10.2 Å². The first-order valence-corrected chi connectivity index (χ1v) is 11.1. The molecule has 6 atom stereocenters. The van der Waals surface area contributed by atoms with Crippen LogP contribution in [-0.4, -0.2) is 92.4 Å². The Labute approximate surface area is 171 Å². The monoisotopic (exact) mass is 438 g/mol. The molecule has 2 aliphatic heterocycles. The Balaban J connectivity index is 1.77. The summed E-state index contributed by atoms with van der Waals surface area (Å²) in [4.78, 5) is 47.0. The number of nitrogens with zero attached hydrogens (tertiary/aromatic N) is 1. The average molecular weight is 439 g/mol. The zero-order valence-electron chi connectivity index (χ0n) is 16.1. The van der Waals surface area contributed by atoms with E-state index in [4.69, 9.17) is 6.11 Å². The van der Waals surface area contributed by atoms with Gasteiger partial charge in [-0.25, -0.2) is 0 Å². The van der Waals surface area contributed by atoms with Gasteiger partial charge in [0.1, 0.15) is 38.7 Å². The van der Waals surface area contributed by atoms with Crippen molar-refractivity contribution in [3.63, 3.8) is 0 Å². The number of esters is 1. The van der Waals surface area contributed by atoms with Gasteiger partial charge in [0.05, 0.1) is 12.5 Å². The van der Waals surface area contributed by atoms with Crippen LogP contribution in [0.15, 0.2) is 0 Å². The number of hydrogen-bond donors (Lipinski definition) is 4. The third-order valence-corrected chi connectivity index (χ3v) is 7.44. The third-order valence-electron chi connectivity index (χ3n) is 4.47. The highest BCUT2D eigenvalue weighted by Gasteiger charge is 2.55. The lowest BCUT2D eigenvalue weighted by Crippen LogP contribution is -2.68. The second-order valence-corrected chi connectivity index (χ2v) is 9.44. The van der Waals surface area contributed by atoms with Gasteiger partial charge in [-0.15, -0.1) is 0 Å². The lowest BCUT2D eigenvalue weighted by Gasteiger charge is -2.44. The SMILES string of the molecule is [3H]C(=O)CCC(C)SSCCC(=O)OC[C@@H]1[C@@H](O)[C@H](O)[C@H](O)[C@H]2NC(=O)C(=O)N12. The van der Waals surface area contributed by atoms with Crippen LogP contribution in [0.3, 0.4) is 0 Å². The summed E-state index contributed by atoms with van der Waals surface area (Å²) < 4.78 is 12.0. The van der Waals surface area contributed by atoms with Crippen LogP contribution in [0.1, 0.15) is 27.6 Å². The molecule has 2 aliphatic rings. The number of amides is 2. The molecule has 12 heteroatoms. The summed E-state index contributed by atoms with van der Waals surface area (Å²) in [5, 5.41) is 32.4. The van der Waals surface area contributed by atoms with Gasteiger partial charge in [-0.1, -0.05) is 28.5 Å². The predicted molar refractivity (Wildman–Crippen MR) is 101 cm³/mol. The van der Waals surface area contributed by atoms with Crippen LogP contribution in [0.5, 0.6) is 0 Å². The topological polar surface area (TPSA) is 153 Å². The van der Waals surface area contributed by atoms with Crippen LogP contribution in [-0.2, 0) is 23.9 Å². The highest BCUT2D eigenvalue weighted by atomic mass is 33.1. The Morgan fingerprint density at radius 1 is 1.36 bits per heavy atom.